The van der Waals surface area contributed by atoms with E-state index in [4.69, 9.17) is 14.2 Å². The van der Waals surface area contributed by atoms with Gasteiger partial charge < -0.3 is 14.2 Å². The first kappa shape index (κ1) is 13.4. The number of hydrogen-bond acceptors (Lipinski definition) is 4. The lowest BCUT2D eigenvalue weighted by Gasteiger charge is -2.14. The summed E-state index contributed by atoms with van der Waals surface area (Å²) >= 11 is 0. The average molecular weight is 288 g/mol. The molecule has 0 amide bonds. The molecule has 0 spiro atoms. The monoisotopic (exact) mass is 288 g/mol. The van der Waals surface area contributed by atoms with Gasteiger partial charge in [0, 0.05) is 6.07 Å². The second kappa shape index (κ2) is 5.09. The van der Waals surface area contributed by atoms with Gasteiger partial charge in [0.2, 0.25) is 0 Å². The second-order valence-electron chi connectivity index (χ2n) is 4.63. The van der Waals surface area contributed by atoms with Crippen LogP contribution in [0.1, 0.15) is 27.6 Å². The summed E-state index contributed by atoms with van der Waals surface area (Å²) in [6, 6.07) is 9.15. The van der Waals surface area contributed by atoms with E-state index in [9.17, 15) is 9.18 Å². The molecule has 0 saturated carbocycles. The molecule has 0 aliphatic carbocycles. The van der Waals surface area contributed by atoms with Crippen molar-refractivity contribution in [3.8, 4) is 11.5 Å². The molecule has 1 aliphatic rings. The maximum Gasteiger partial charge on any atom is 0.339 e. The highest BCUT2D eigenvalue weighted by atomic mass is 19.1. The molecule has 108 valence electrons. The standard InChI is InChI=1S/C16H13FO4/c1-19-11-7-12-14(13(8-11)20-2)15(21-16(12)18)9-3-5-10(17)6-4-9/h3-8,15H,1-2H3/t15-/m0/s1. The molecule has 1 heterocycles. The van der Waals surface area contributed by atoms with Crippen LogP contribution in [0.15, 0.2) is 36.4 Å². The molecule has 0 bridgehead atoms. The van der Waals surface area contributed by atoms with Crippen molar-refractivity contribution in [2.24, 2.45) is 0 Å². The summed E-state index contributed by atoms with van der Waals surface area (Å²) in [6.45, 7) is 0. The van der Waals surface area contributed by atoms with Crippen LogP contribution in [0.25, 0.3) is 0 Å². The summed E-state index contributed by atoms with van der Waals surface area (Å²) in [4.78, 5) is 12.0. The van der Waals surface area contributed by atoms with Crippen molar-refractivity contribution in [2.45, 2.75) is 6.10 Å². The van der Waals surface area contributed by atoms with Crippen LogP contribution in [0.3, 0.4) is 0 Å². The van der Waals surface area contributed by atoms with Crippen LogP contribution in [0, 0.1) is 5.82 Å². The van der Waals surface area contributed by atoms with Crippen LogP contribution in [0.4, 0.5) is 4.39 Å². The zero-order chi connectivity index (χ0) is 15.0. The fourth-order valence-corrected chi connectivity index (χ4v) is 2.43. The molecule has 3 rings (SSSR count). The molecule has 4 nitrogen and oxygen atoms in total. The van der Waals surface area contributed by atoms with E-state index >= 15 is 0 Å². The quantitative estimate of drug-likeness (QED) is 0.814. The summed E-state index contributed by atoms with van der Waals surface area (Å²) in [7, 11) is 3.03. The highest BCUT2D eigenvalue weighted by molar-refractivity contribution is 5.96. The molecule has 2 aromatic carbocycles. The minimum Gasteiger partial charge on any atom is -0.497 e. The zero-order valence-electron chi connectivity index (χ0n) is 11.6. The number of carbonyl (C=O) groups excluding carboxylic acids is 1. The lowest BCUT2D eigenvalue weighted by atomic mass is 9.98. The molecule has 1 atom stereocenters. The molecular formula is C16H13FO4. The third-order valence-corrected chi connectivity index (χ3v) is 3.45. The first-order chi connectivity index (χ1) is 10.1. The molecule has 1 aliphatic heterocycles. The molecule has 0 fully saturated rings. The molecule has 2 aromatic rings. The van der Waals surface area contributed by atoms with Crippen molar-refractivity contribution in [1.29, 1.82) is 0 Å². The van der Waals surface area contributed by atoms with E-state index in [1.807, 2.05) is 0 Å². The largest absolute Gasteiger partial charge is 0.497 e. The van der Waals surface area contributed by atoms with E-state index in [0.29, 0.717) is 28.2 Å². The van der Waals surface area contributed by atoms with Gasteiger partial charge in [0.05, 0.1) is 25.3 Å². The smallest absolute Gasteiger partial charge is 0.339 e. The number of cyclic esters (lactones) is 1. The molecule has 0 saturated heterocycles. The van der Waals surface area contributed by atoms with Gasteiger partial charge in [0.1, 0.15) is 17.3 Å². The van der Waals surface area contributed by atoms with E-state index in [-0.39, 0.29) is 5.82 Å². The summed E-state index contributed by atoms with van der Waals surface area (Å²) in [5.41, 5.74) is 1.72. The lowest BCUT2D eigenvalue weighted by Crippen LogP contribution is -2.02. The minimum atomic E-state index is -0.603. The topological polar surface area (TPSA) is 44.8 Å². The number of ether oxygens (including phenoxy) is 3. The Hall–Kier alpha value is -2.56. The van der Waals surface area contributed by atoms with Gasteiger partial charge in [-0.15, -0.1) is 0 Å². The predicted octanol–water partition coefficient (Wildman–Crippen LogP) is 3.10. The Morgan fingerprint density at radius 1 is 1.10 bits per heavy atom. The van der Waals surface area contributed by atoms with E-state index in [1.165, 1.54) is 26.4 Å². The highest BCUT2D eigenvalue weighted by Gasteiger charge is 2.36. The number of methoxy groups -OCH3 is 2. The van der Waals surface area contributed by atoms with Crippen molar-refractivity contribution in [2.75, 3.05) is 14.2 Å². The van der Waals surface area contributed by atoms with E-state index in [1.54, 1.807) is 24.3 Å². The average Bonchev–Trinajstić information content (AvgIpc) is 2.84. The van der Waals surface area contributed by atoms with E-state index in [2.05, 4.69) is 0 Å². The Labute approximate surface area is 121 Å². The van der Waals surface area contributed by atoms with Crippen LogP contribution in [0.2, 0.25) is 0 Å². The van der Waals surface area contributed by atoms with E-state index in [0.717, 1.165) is 0 Å². The number of esters is 1. The van der Waals surface area contributed by atoms with Crippen LogP contribution in [-0.2, 0) is 4.74 Å². The third-order valence-electron chi connectivity index (χ3n) is 3.45. The molecule has 0 N–H and O–H groups in total. The lowest BCUT2D eigenvalue weighted by molar-refractivity contribution is 0.0454. The first-order valence-corrected chi connectivity index (χ1v) is 6.36. The maximum absolute atomic E-state index is 13.0. The van der Waals surface area contributed by atoms with Gasteiger partial charge in [-0.05, 0) is 23.8 Å². The zero-order valence-corrected chi connectivity index (χ0v) is 11.6. The summed E-state index contributed by atoms with van der Waals surface area (Å²) in [6.07, 6.45) is -0.603. The Balaban J connectivity index is 2.14. The molecule has 0 unspecified atom stereocenters. The Kier molecular flexibility index (Phi) is 3.25. The third kappa shape index (κ3) is 2.20. The Morgan fingerprint density at radius 3 is 2.43 bits per heavy atom. The van der Waals surface area contributed by atoms with Crippen molar-refractivity contribution >= 4 is 5.97 Å². The first-order valence-electron chi connectivity index (χ1n) is 6.36. The maximum atomic E-state index is 13.0. The van der Waals surface area contributed by atoms with Gasteiger partial charge >= 0.3 is 5.97 Å². The van der Waals surface area contributed by atoms with Crippen molar-refractivity contribution in [3.05, 3.63) is 58.9 Å². The molecule has 21 heavy (non-hydrogen) atoms. The molecule has 0 radical (unpaired) electrons. The Morgan fingerprint density at radius 2 is 1.81 bits per heavy atom. The Bertz CT molecular complexity index is 694. The number of rotatable bonds is 3. The van der Waals surface area contributed by atoms with Gasteiger partial charge in [-0.3, -0.25) is 0 Å². The molecule has 0 aromatic heterocycles. The van der Waals surface area contributed by atoms with E-state index < -0.39 is 12.1 Å². The van der Waals surface area contributed by atoms with Crippen molar-refractivity contribution in [1.82, 2.24) is 0 Å². The minimum absolute atomic E-state index is 0.343. The SMILES string of the molecule is COc1cc(OC)c2c(c1)C(=O)O[C@H]2c1ccc(F)cc1. The van der Waals surface area contributed by atoms with Crippen LogP contribution in [0.5, 0.6) is 11.5 Å². The molecule has 5 heteroatoms. The summed E-state index contributed by atoms with van der Waals surface area (Å²) in [5, 5.41) is 0. The number of fused-ring (bicyclic) bond motifs is 1. The number of hydrogen-bond donors (Lipinski definition) is 0. The summed E-state index contributed by atoms with van der Waals surface area (Å²) < 4.78 is 28.9. The van der Waals surface area contributed by atoms with Crippen LogP contribution >= 0.6 is 0 Å². The normalized spacial score (nSPS) is 16.3. The fraction of sp³-hybridized carbons (Fsp3) is 0.188. The van der Waals surface area contributed by atoms with Crippen molar-refractivity contribution in [3.63, 3.8) is 0 Å². The predicted molar refractivity (Wildman–Crippen MR) is 73.2 cm³/mol. The number of carbonyl (C=O) groups is 1. The number of benzene rings is 2. The van der Waals surface area contributed by atoms with Gasteiger partial charge in [0.25, 0.3) is 0 Å². The van der Waals surface area contributed by atoms with Gasteiger partial charge in [-0.2, -0.15) is 0 Å². The van der Waals surface area contributed by atoms with Gasteiger partial charge in [-0.25, -0.2) is 9.18 Å². The van der Waals surface area contributed by atoms with Gasteiger partial charge in [0.15, 0.2) is 6.10 Å². The summed E-state index contributed by atoms with van der Waals surface area (Å²) in [5.74, 6) is 0.230. The van der Waals surface area contributed by atoms with Crippen molar-refractivity contribution < 1.29 is 23.4 Å². The van der Waals surface area contributed by atoms with Crippen LogP contribution in [-0.4, -0.2) is 20.2 Å². The van der Waals surface area contributed by atoms with Crippen LogP contribution < -0.4 is 9.47 Å². The molecular weight excluding hydrogens is 275 g/mol. The van der Waals surface area contributed by atoms with Gasteiger partial charge in [-0.1, -0.05) is 12.1 Å². The fourth-order valence-electron chi connectivity index (χ4n) is 2.43. The number of halogens is 1. The second-order valence-corrected chi connectivity index (χ2v) is 4.63. The highest BCUT2D eigenvalue weighted by Crippen LogP contribution is 2.43.